The lowest BCUT2D eigenvalue weighted by Gasteiger charge is -2.17. The second kappa shape index (κ2) is 8.10. The number of thiophene rings is 1. The number of amides is 1. The molecule has 1 N–H and O–H groups in total. The van der Waals surface area contributed by atoms with Crippen molar-refractivity contribution in [1.82, 2.24) is 9.55 Å². The number of rotatable bonds is 5. The van der Waals surface area contributed by atoms with Crippen LogP contribution in [-0.4, -0.2) is 27.5 Å². The fraction of sp³-hybridized carbons (Fsp3) is 0.381. The van der Waals surface area contributed by atoms with Crippen molar-refractivity contribution in [3.63, 3.8) is 0 Å². The lowest BCUT2D eigenvalue weighted by atomic mass is 9.89. The Bertz CT molecular complexity index is 1260. The van der Waals surface area contributed by atoms with E-state index >= 15 is 0 Å². The normalized spacial score (nSPS) is 15.5. The van der Waals surface area contributed by atoms with Crippen molar-refractivity contribution >= 4 is 38.8 Å². The van der Waals surface area contributed by atoms with E-state index in [0.29, 0.717) is 27.7 Å². The van der Waals surface area contributed by atoms with E-state index in [0.717, 1.165) is 24.8 Å². The topological polar surface area (TPSA) is 116 Å². The molecule has 1 aromatic carbocycles. The Labute approximate surface area is 181 Å². The second-order valence-electron chi connectivity index (χ2n) is 7.77. The van der Waals surface area contributed by atoms with Crippen LogP contribution >= 0.6 is 11.3 Å². The van der Waals surface area contributed by atoms with Crippen LogP contribution in [0.1, 0.15) is 29.6 Å². The van der Waals surface area contributed by atoms with Gasteiger partial charge in [0.2, 0.25) is 5.91 Å². The van der Waals surface area contributed by atoms with E-state index in [1.807, 2.05) is 0 Å². The number of nitro benzene ring substituents is 1. The zero-order chi connectivity index (χ0) is 22.3. The van der Waals surface area contributed by atoms with Crippen molar-refractivity contribution in [3.8, 4) is 5.75 Å². The van der Waals surface area contributed by atoms with E-state index in [2.05, 4.69) is 17.2 Å². The molecule has 1 unspecified atom stereocenters. The van der Waals surface area contributed by atoms with Gasteiger partial charge in [0.1, 0.15) is 28.6 Å². The highest BCUT2D eigenvalue weighted by Crippen LogP contribution is 2.36. The Morgan fingerprint density at radius 3 is 2.94 bits per heavy atom. The molecule has 2 aromatic heterocycles. The Hall–Kier alpha value is -3.27. The summed E-state index contributed by atoms with van der Waals surface area (Å²) in [4.78, 5) is 43.1. The molecule has 1 aliphatic carbocycles. The predicted octanol–water partition coefficient (Wildman–Crippen LogP) is 3.45. The van der Waals surface area contributed by atoms with Gasteiger partial charge in [-0.2, -0.15) is 0 Å². The van der Waals surface area contributed by atoms with Gasteiger partial charge in [0.15, 0.2) is 0 Å². The van der Waals surface area contributed by atoms with Gasteiger partial charge >= 0.3 is 0 Å². The summed E-state index contributed by atoms with van der Waals surface area (Å²) in [5.41, 5.74) is 0.563. The molecule has 1 amide bonds. The number of hydrogen-bond acceptors (Lipinski definition) is 7. The molecule has 10 heteroatoms. The molecular weight excluding hydrogens is 420 g/mol. The summed E-state index contributed by atoms with van der Waals surface area (Å²) in [5, 5.41) is 14.5. The SMILES string of the molecule is COc1ccc(NC(=O)Cn2c(C)nc3sc4c(c3c2=O)CCC(C)C4)c([N+](=O)[O-])c1. The minimum Gasteiger partial charge on any atom is -0.496 e. The number of nitrogens with zero attached hydrogens (tertiary/aromatic N) is 3. The van der Waals surface area contributed by atoms with Crippen molar-refractivity contribution in [2.75, 3.05) is 12.4 Å². The molecule has 2 heterocycles. The third-order valence-corrected chi connectivity index (χ3v) is 6.73. The average Bonchev–Trinajstić information content (AvgIpc) is 3.08. The summed E-state index contributed by atoms with van der Waals surface area (Å²) in [7, 11) is 1.40. The molecule has 0 saturated heterocycles. The highest BCUT2D eigenvalue weighted by Gasteiger charge is 2.25. The van der Waals surface area contributed by atoms with Gasteiger partial charge in [0, 0.05) is 4.88 Å². The summed E-state index contributed by atoms with van der Waals surface area (Å²) in [6, 6.07) is 4.16. The monoisotopic (exact) mass is 442 g/mol. The van der Waals surface area contributed by atoms with Crippen LogP contribution in [0.2, 0.25) is 0 Å². The number of carbonyl (C=O) groups excluding carboxylic acids is 1. The number of fused-ring (bicyclic) bond motifs is 3. The van der Waals surface area contributed by atoms with Crippen LogP contribution in [0.4, 0.5) is 11.4 Å². The highest BCUT2D eigenvalue weighted by molar-refractivity contribution is 7.18. The van der Waals surface area contributed by atoms with E-state index in [4.69, 9.17) is 4.74 Å². The van der Waals surface area contributed by atoms with E-state index < -0.39 is 10.8 Å². The molecule has 9 nitrogen and oxygen atoms in total. The standard InChI is InChI=1S/C21H22N4O5S/c1-11-4-6-14-17(8-11)31-20-19(14)21(27)24(12(2)22-20)10-18(26)23-15-7-5-13(30-3)9-16(15)25(28)29/h5,7,9,11H,4,6,8,10H2,1-3H3,(H,23,26). The Balaban J connectivity index is 1.65. The molecule has 0 spiro atoms. The van der Waals surface area contributed by atoms with E-state index in [1.165, 1.54) is 34.8 Å². The number of aromatic nitrogens is 2. The molecule has 1 aliphatic rings. The van der Waals surface area contributed by atoms with Crippen LogP contribution in [0.3, 0.4) is 0 Å². The molecule has 0 fully saturated rings. The van der Waals surface area contributed by atoms with Crippen LogP contribution in [0.5, 0.6) is 5.75 Å². The van der Waals surface area contributed by atoms with Gasteiger partial charge in [0.05, 0.1) is 23.5 Å². The van der Waals surface area contributed by atoms with Crippen LogP contribution in [0, 0.1) is 23.0 Å². The van der Waals surface area contributed by atoms with Crippen LogP contribution in [-0.2, 0) is 24.2 Å². The molecule has 0 bridgehead atoms. The zero-order valence-electron chi connectivity index (χ0n) is 17.4. The predicted molar refractivity (Wildman–Crippen MR) is 118 cm³/mol. The summed E-state index contributed by atoms with van der Waals surface area (Å²) in [6.45, 7) is 3.61. The lowest BCUT2D eigenvalue weighted by molar-refractivity contribution is -0.384. The fourth-order valence-corrected chi connectivity index (χ4v) is 5.36. The largest absolute Gasteiger partial charge is 0.496 e. The first kappa shape index (κ1) is 21.0. The van der Waals surface area contributed by atoms with Crippen LogP contribution in [0.25, 0.3) is 10.2 Å². The quantitative estimate of drug-likeness (QED) is 0.478. The van der Waals surface area contributed by atoms with Gasteiger partial charge < -0.3 is 10.1 Å². The number of anilines is 1. The Morgan fingerprint density at radius 1 is 1.45 bits per heavy atom. The first-order valence-electron chi connectivity index (χ1n) is 9.92. The van der Waals surface area contributed by atoms with Crippen molar-refractivity contribution in [3.05, 3.63) is 54.9 Å². The third kappa shape index (κ3) is 3.90. The maximum atomic E-state index is 13.2. The lowest BCUT2D eigenvalue weighted by Crippen LogP contribution is -2.30. The van der Waals surface area contributed by atoms with Crippen molar-refractivity contribution < 1.29 is 14.5 Å². The summed E-state index contributed by atoms with van der Waals surface area (Å²) in [5.74, 6) is 0.777. The average molecular weight is 442 g/mol. The van der Waals surface area contributed by atoms with E-state index in [-0.39, 0.29) is 23.5 Å². The summed E-state index contributed by atoms with van der Waals surface area (Å²) in [6.07, 6.45) is 2.80. The second-order valence-corrected chi connectivity index (χ2v) is 8.85. The molecular formula is C21H22N4O5S. The Morgan fingerprint density at radius 2 is 2.23 bits per heavy atom. The minimum absolute atomic E-state index is 0.0393. The molecule has 0 radical (unpaired) electrons. The molecule has 3 aromatic rings. The number of benzene rings is 1. The number of aryl methyl sites for hydroxylation is 2. The van der Waals surface area contributed by atoms with Crippen molar-refractivity contribution in [1.29, 1.82) is 0 Å². The maximum Gasteiger partial charge on any atom is 0.296 e. The van der Waals surface area contributed by atoms with E-state index in [1.54, 1.807) is 18.3 Å². The van der Waals surface area contributed by atoms with Gasteiger partial charge in [-0.3, -0.25) is 24.3 Å². The van der Waals surface area contributed by atoms with Crippen LogP contribution < -0.4 is 15.6 Å². The summed E-state index contributed by atoms with van der Waals surface area (Å²) >= 11 is 1.56. The van der Waals surface area contributed by atoms with Crippen molar-refractivity contribution in [2.45, 2.75) is 39.7 Å². The van der Waals surface area contributed by atoms with Gasteiger partial charge in [-0.05, 0) is 49.8 Å². The van der Waals surface area contributed by atoms with Gasteiger partial charge in [-0.1, -0.05) is 6.92 Å². The number of nitrogens with one attached hydrogen (secondary N) is 1. The first-order valence-corrected chi connectivity index (χ1v) is 10.7. The zero-order valence-corrected chi connectivity index (χ0v) is 18.2. The fourth-order valence-electron chi connectivity index (χ4n) is 3.94. The molecule has 31 heavy (non-hydrogen) atoms. The van der Waals surface area contributed by atoms with E-state index in [9.17, 15) is 19.7 Å². The molecule has 4 rings (SSSR count). The number of nitro groups is 1. The maximum absolute atomic E-state index is 13.2. The van der Waals surface area contributed by atoms with Gasteiger partial charge in [0.25, 0.3) is 11.2 Å². The molecule has 0 aliphatic heterocycles. The Kier molecular flexibility index (Phi) is 5.48. The first-order chi connectivity index (χ1) is 14.8. The summed E-state index contributed by atoms with van der Waals surface area (Å²) < 4.78 is 6.34. The number of hydrogen-bond donors (Lipinski definition) is 1. The molecule has 0 saturated carbocycles. The highest BCUT2D eigenvalue weighted by atomic mass is 32.1. The minimum atomic E-state index is -0.595. The number of methoxy groups -OCH3 is 1. The van der Waals surface area contributed by atoms with Crippen LogP contribution in [0.15, 0.2) is 23.0 Å². The van der Waals surface area contributed by atoms with Crippen molar-refractivity contribution in [2.24, 2.45) is 5.92 Å². The number of carbonyl (C=O) groups is 1. The third-order valence-electron chi connectivity index (χ3n) is 5.58. The number of ether oxygens (including phenoxy) is 1. The van der Waals surface area contributed by atoms with Gasteiger partial charge in [-0.15, -0.1) is 11.3 Å². The molecule has 162 valence electrons. The molecule has 1 atom stereocenters. The van der Waals surface area contributed by atoms with Gasteiger partial charge in [-0.25, -0.2) is 4.98 Å². The smallest absolute Gasteiger partial charge is 0.296 e.